The van der Waals surface area contributed by atoms with Crippen molar-refractivity contribution in [1.29, 1.82) is 0 Å². The van der Waals surface area contributed by atoms with E-state index < -0.39 is 0 Å². The molecule has 1 spiro atoms. The van der Waals surface area contributed by atoms with E-state index in [2.05, 4.69) is 35.6 Å². The third-order valence-electron chi connectivity index (χ3n) is 7.20. The maximum absolute atomic E-state index is 2.78. The van der Waals surface area contributed by atoms with Gasteiger partial charge < -0.3 is 14.7 Å². The van der Waals surface area contributed by atoms with Gasteiger partial charge in [-0.05, 0) is 123 Å². The second-order valence-corrected chi connectivity index (χ2v) is 9.01. The van der Waals surface area contributed by atoms with Crippen LogP contribution in [0.3, 0.4) is 0 Å². The van der Waals surface area contributed by atoms with Crippen LogP contribution in [-0.2, 0) is 0 Å². The molecule has 0 radical (unpaired) electrons. The summed E-state index contributed by atoms with van der Waals surface area (Å²) >= 11 is 0. The SMILES string of the molecule is CC(C)N1CCC(CCN2CCC3(CCN(C)CC3)CC2)CC1. The number of rotatable bonds is 4. The smallest absolute Gasteiger partial charge is 0.00385 e. The summed E-state index contributed by atoms with van der Waals surface area (Å²) in [5, 5.41) is 0. The Balaban J connectivity index is 1.34. The maximum atomic E-state index is 2.78. The lowest BCUT2D eigenvalue weighted by molar-refractivity contribution is 0.0390. The summed E-state index contributed by atoms with van der Waals surface area (Å²) in [7, 11) is 2.28. The number of likely N-dealkylation sites (tertiary alicyclic amines) is 3. The summed E-state index contributed by atoms with van der Waals surface area (Å²) in [6, 6.07) is 0.740. The fourth-order valence-corrected chi connectivity index (χ4v) is 4.97. The van der Waals surface area contributed by atoms with E-state index >= 15 is 0 Å². The van der Waals surface area contributed by atoms with E-state index in [9.17, 15) is 0 Å². The molecule has 0 bridgehead atoms. The Hall–Kier alpha value is -0.120. The van der Waals surface area contributed by atoms with E-state index in [1.165, 1.54) is 90.8 Å². The molecule has 0 aromatic carbocycles. The quantitative estimate of drug-likeness (QED) is 0.786. The third-order valence-corrected chi connectivity index (χ3v) is 7.20. The van der Waals surface area contributed by atoms with E-state index in [-0.39, 0.29) is 0 Å². The molecule has 0 N–H and O–H groups in total. The summed E-state index contributed by atoms with van der Waals surface area (Å²) in [6.07, 6.45) is 10.1. The van der Waals surface area contributed by atoms with E-state index in [0.717, 1.165) is 12.0 Å². The lowest BCUT2D eigenvalue weighted by Crippen LogP contribution is -2.46. The van der Waals surface area contributed by atoms with Crippen molar-refractivity contribution in [2.45, 2.75) is 64.8 Å². The predicted octanol–water partition coefficient (Wildman–Crippen LogP) is 3.30. The minimum Gasteiger partial charge on any atom is -0.306 e. The van der Waals surface area contributed by atoms with Gasteiger partial charge in [0.1, 0.15) is 0 Å². The van der Waals surface area contributed by atoms with Crippen LogP contribution in [-0.4, -0.2) is 73.6 Å². The zero-order chi connectivity index (χ0) is 16.3. The highest BCUT2D eigenvalue weighted by atomic mass is 15.2. The van der Waals surface area contributed by atoms with Gasteiger partial charge in [0, 0.05) is 6.04 Å². The molecule has 3 nitrogen and oxygen atoms in total. The van der Waals surface area contributed by atoms with Crippen molar-refractivity contribution >= 4 is 0 Å². The van der Waals surface area contributed by atoms with Gasteiger partial charge in [-0.15, -0.1) is 0 Å². The molecule has 3 saturated heterocycles. The van der Waals surface area contributed by atoms with Crippen LogP contribution in [0.25, 0.3) is 0 Å². The maximum Gasteiger partial charge on any atom is 0.00385 e. The lowest BCUT2D eigenvalue weighted by atomic mass is 9.71. The van der Waals surface area contributed by atoms with E-state index in [0.29, 0.717) is 5.41 Å². The van der Waals surface area contributed by atoms with Gasteiger partial charge in [0.2, 0.25) is 0 Å². The van der Waals surface area contributed by atoms with Crippen molar-refractivity contribution in [1.82, 2.24) is 14.7 Å². The van der Waals surface area contributed by atoms with Gasteiger partial charge in [-0.2, -0.15) is 0 Å². The molecule has 3 rings (SSSR count). The molecule has 0 aliphatic carbocycles. The third kappa shape index (κ3) is 4.70. The minimum absolute atomic E-state index is 0.714. The summed E-state index contributed by atoms with van der Waals surface area (Å²) in [5.74, 6) is 0.990. The van der Waals surface area contributed by atoms with Gasteiger partial charge in [-0.1, -0.05) is 0 Å². The van der Waals surface area contributed by atoms with Crippen molar-refractivity contribution in [3.8, 4) is 0 Å². The molecule has 0 unspecified atom stereocenters. The Labute approximate surface area is 144 Å². The highest BCUT2D eigenvalue weighted by molar-refractivity contribution is 4.90. The number of hydrogen-bond donors (Lipinski definition) is 0. The Morgan fingerprint density at radius 3 is 2.00 bits per heavy atom. The average molecular weight is 322 g/mol. The molecule has 0 aromatic heterocycles. The first-order valence-corrected chi connectivity index (χ1v) is 10.2. The molecular formula is C20H39N3. The molecule has 3 aliphatic heterocycles. The first-order chi connectivity index (χ1) is 11.1. The lowest BCUT2D eigenvalue weighted by Gasteiger charge is -2.46. The van der Waals surface area contributed by atoms with Crippen molar-refractivity contribution in [3.63, 3.8) is 0 Å². The van der Waals surface area contributed by atoms with Crippen LogP contribution in [0, 0.1) is 11.3 Å². The fraction of sp³-hybridized carbons (Fsp3) is 1.00. The highest BCUT2D eigenvalue weighted by Crippen LogP contribution is 2.41. The number of hydrogen-bond acceptors (Lipinski definition) is 3. The second kappa shape index (κ2) is 7.84. The minimum atomic E-state index is 0.714. The first kappa shape index (κ1) is 17.7. The second-order valence-electron chi connectivity index (χ2n) is 9.01. The molecule has 3 aliphatic rings. The van der Waals surface area contributed by atoms with E-state index in [1.54, 1.807) is 0 Å². The Morgan fingerprint density at radius 1 is 0.870 bits per heavy atom. The Kier molecular flexibility index (Phi) is 6.03. The van der Waals surface area contributed by atoms with Crippen LogP contribution in [0.2, 0.25) is 0 Å². The van der Waals surface area contributed by atoms with Crippen LogP contribution >= 0.6 is 0 Å². The molecule has 0 aromatic rings. The van der Waals surface area contributed by atoms with Crippen LogP contribution in [0.1, 0.15) is 58.8 Å². The van der Waals surface area contributed by atoms with Gasteiger partial charge in [-0.25, -0.2) is 0 Å². The van der Waals surface area contributed by atoms with Crippen molar-refractivity contribution in [2.75, 3.05) is 52.9 Å². The largest absolute Gasteiger partial charge is 0.306 e. The monoisotopic (exact) mass is 321 g/mol. The molecule has 134 valence electrons. The predicted molar refractivity (Wildman–Crippen MR) is 98.9 cm³/mol. The molecule has 23 heavy (non-hydrogen) atoms. The van der Waals surface area contributed by atoms with Crippen LogP contribution in [0.5, 0.6) is 0 Å². The van der Waals surface area contributed by atoms with E-state index in [4.69, 9.17) is 0 Å². The van der Waals surface area contributed by atoms with Crippen molar-refractivity contribution < 1.29 is 0 Å². The molecule has 3 fully saturated rings. The average Bonchev–Trinajstić information content (AvgIpc) is 2.58. The normalized spacial score (nSPS) is 28.7. The summed E-state index contributed by atoms with van der Waals surface area (Å²) in [5.41, 5.74) is 0.714. The molecule has 0 amide bonds. The van der Waals surface area contributed by atoms with Crippen LogP contribution in [0.4, 0.5) is 0 Å². The van der Waals surface area contributed by atoms with Gasteiger partial charge in [0.05, 0.1) is 0 Å². The highest BCUT2D eigenvalue weighted by Gasteiger charge is 2.36. The standard InChI is InChI=1S/C20H39N3/c1-18(2)23-12-5-19(6-13-23)4-11-22-16-9-20(10-17-22)7-14-21(3)15-8-20/h18-19H,4-17H2,1-3H3. The summed E-state index contributed by atoms with van der Waals surface area (Å²) in [4.78, 5) is 7.95. The zero-order valence-electron chi connectivity index (χ0n) is 15.9. The molecule has 0 saturated carbocycles. The van der Waals surface area contributed by atoms with Crippen molar-refractivity contribution in [2.24, 2.45) is 11.3 Å². The molecule has 0 atom stereocenters. The van der Waals surface area contributed by atoms with Gasteiger partial charge in [-0.3, -0.25) is 0 Å². The molecule has 3 heterocycles. The van der Waals surface area contributed by atoms with Crippen molar-refractivity contribution in [3.05, 3.63) is 0 Å². The van der Waals surface area contributed by atoms with E-state index in [1.807, 2.05) is 0 Å². The van der Waals surface area contributed by atoms with Crippen LogP contribution in [0.15, 0.2) is 0 Å². The Morgan fingerprint density at radius 2 is 1.43 bits per heavy atom. The van der Waals surface area contributed by atoms with Crippen LogP contribution < -0.4 is 0 Å². The number of nitrogens with zero attached hydrogens (tertiary/aromatic N) is 3. The Bertz CT molecular complexity index is 342. The summed E-state index contributed by atoms with van der Waals surface area (Å²) < 4.78 is 0. The number of piperidine rings is 3. The first-order valence-electron chi connectivity index (χ1n) is 10.2. The van der Waals surface area contributed by atoms with Gasteiger partial charge in [0.25, 0.3) is 0 Å². The van der Waals surface area contributed by atoms with Gasteiger partial charge in [0.15, 0.2) is 0 Å². The fourth-order valence-electron chi connectivity index (χ4n) is 4.97. The zero-order valence-corrected chi connectivity index (χ0v) is 15.9. The molecular weight excluding hydrogens is 282 g/mol. The summed E-state index contributed by atoms with van der Waals surface area (Å²) in [6.45, 7) is 14.1. The van der Waals surface area contributed by atoms with Gasteiger partial charge >= 0.3 is 0 Å². The molecule has 3 heteroatoms. The topological polar surface area (TPSA) is 9.72 Å².